The third kappa shape index (κ3) is 5.63. The normalized spacial score (nSPS) is 12.1. The molecule has 0 aliphatic heterocycles. The van der Waals surface area contributed by atoms with Crippen molar-refractivity contribution in [2.24, 2.45) is 5.92 Å². The molecule has 21 heavy (non-hydrogen) atoms. The van der Waals surface area contributed by atoms with Crippen LogP contribution in [0.2, 0.25) is 0 Å². The molecule has 0 radical (unpaired) electrons. The topological polar surface area (TPSA) is 59.6 Å². The Morgan fingerprint density at radius 1 is 1.14 bits per heavy atom. The Balaban J connectivity index is 2.52. The summed E-state index contributed by atoms with van der Waals surface area (Å²) in [5, 5.41) is 6.12. The molecular formula is C16H26N2O3. The Morgan fingerprint density at radius 3 is 2.38 bits per heavy atom. The SMILES string of the molecule is COc1ccc(CNC(C)C(=O)NCC(C)C)cc1OC. The number of benzene rings is 1. The second kappa shape index (κ2) is 8.52. The average molecular weight is 294 g/mol. The van der Waals surface area contributed by atoms with Crippen LogP contribution in [0.25, 0.3) is 0 Å². The number of hydrogen-bond acceptors (Lipinski definition) is 4. The van der Waals surface area contributed by atoms with Crippen LogP contribution in [0.3, 0.4) is 0 Å². The molecule has 0 aliphatic rings. The highest BCUT2D eigenvalue weighted by molar-refractivity contribution is 5.81. The quantitative estimate of drug-likeness (QED) is 0.769. The molecule has 0 fully saturated rings. The Bertz CT molecular complexity index is 461. The summed E-state index contributed by atoms with van der Waals surface area (Å²) in [6.07, 6.45) is 0. The molecule has 0 aromatic heterocycles. The number of ether oxygens (including phenoxy) is 2. The van der Waals surface area contributed by atoms with E-state index in [1.807, 2.05) is 25.1 Å². The number of hydrogen-bond donors (Lipinski definition) is 2. The lowest BCUT2D eigenvalue weighted by atomic mass is 10.2. The molecule has 0 bridgehead atoms. The van der Waals surface area contributed by atoms with E-state index in [2.05, 4.69) is 24.5 Å². The maximum atomic E-state index is 11.9. The lowest BCUT2D eigenvalue weighted by Gasteiger charge is -2.16. The van der Waals surface area contributed by atoms with E-state index in [0.29, 0.717) is 30.5 Å². The van der Waals surface area contributed by atoms with Gasteiger partial charge in [-0.05, 0) is 30.5 Å². The van der Waals surface area contributed by atoms with Crippen LogP contribution < -0.4 is 20.1 Å². The van der Waals surface area contributed by atoms with Crippen LogP contribution in [0.5, 0.6) is 11.5 Å². The fourth-order valence-electron chi connectivity index (χ4n) is 1.81. The molecule has 5 nitrogen and oxygen atoms in total. The van der Waals surface area contributed by atoms with Crippen molar-refractivity contribution in [3.8, 4) is 11.5 Å². The van der Waals surface area contributed by atoms with Crippen LogP contribution in [0, 0.1) is 5.92 Å². The van der Waals surface area contributed by atoms with E-state index in [1.54, 1.807) is 14.2 Å². The van der Waals surface area contributed by atoms with Crippen molar-refractivity contribution in [2.45, 2.75) is 33.4 Å². The standard InChI is InChI=1S/C16H26N2O3/c1-11(2)9-18-16(19)12(3)17-10-13-6-7-14(20-4)15(8-13)21-5/h6-8,11-12,17H,9-10H2,1-5H3,(H,18,19). The van der Waals surface area contributed by atoms with E-state index in [0.717, 1.165) is 5.56 Å². The van der Waals surface area contributed by atoms with E-state index in [1.165, 1.54) is 0 Å². The van der Waals surface area contributed by atoms with E-state index in [4.69, 9.17) is 9.47 Å². The molecule has 0 heterocycles. The molecule has 0 spiro atoms. The van der Waals surface area contributed by atoms with E-state index < -0.39 is 0 Å². The smallest absolute Gasteiger partial charge is 0.236 e. The van der Waals surface area contributed by atoms with E-state index >= 15 is 0 Å². The molecule has 5 heteroatoms. The predicted octanol–water partition coefficient (Wildman–Crippen LogP) is 1.95. The Labute approximate surface area is 127 Å². The highest BCUT2D eigenvalue weighted by atomic mass is 16.5. The lowest BCUT2D eigenvalue weighted by Crippen LogP contribution is -2.42. The molecule has 1 aromatic rings. The Kier molecular flexibility index (Phi) is 7.02. The summed E-state index contributed by atoms with van der Waals surface area (Å²) >= 11 is 0. The minimum absolute atomic E-state index is 0.0178. The van der Waals surface area contributed by atoms with Crippen LogP contribution in [0.1, 0.15) is 26.3 Å². The van der Waals surface area contributed by atoms with Gasteiger partial charge in [-0.15, -0.1) is 0 Å². The van der Waals surface area contributed by atoms with Crippen LogP contribution >= 0.6 is 0 Å². The van der Waals surface area contributed by atoms with Crippen LogP contribution in [-0.2, 0) is 11.3 Å². The molecule has 1 amide bonds. The third-order valence-electron chi connectivity index (χ3n) is 3.14. The molecule has 0 saturated carbocycles. The van der Waals surface area contributed by atoms with Crippen molar-refractivity contribution >= 4 is 5.91 Å². The van der Waals surface area contributed by atoms with Crippen molar-refractivity contribution in [3.63, 3.8) is 0 Å². The maximum absolute atomic E-state index is 11.9. The number of nitrogens with one attached hydrogen (secondary N) is 2. The van der Waals surface area contributed by atoms with Gasteiger partial charge in [0.25, 0.3) is 0 Å². The van der Waals surface area contributed by atoms with Crippen molar-refractivity contribution in [2.75, 3.05) is 20.8 Å². The molecule has 118 valence electrons. The summed E-state index contributed by atoms with van der Waals surface area (Å²) in [4.78, 5) is 11.9. The number of amides is 1. The van der Waals surface area contributed by atoms with Crippen LogP contribution in [-0.4, -0.2) is 32.7 Å². The zero-order valence-corrected chi connectivity index (χ0v) is 13.5. The van der Waals surface area contributed by atoms with Gasteiger partial charge < -0.3 is 20.1 Å². The molecule has 0 aliphatic carbocycles. The monoisotopic (exact) mass is 294 g/mol. The third-order valence-corrected chi connectivity index (χ3v) is 3.14. The summed E-state index contributed by atoms with van der Waals surface area (Å²) in [7, 11) is 3.22. The molecular weight excluding hydrogens is 268 g/mol. The minimum atomic E-state index is -0.239. The van der Waals surface area contributed by atoms with Crippen molar-refractivity contribution in [3.05, 3.63) is 23.8 Å². The average Bonchev–Trinajstić information content (AvgIpc) is 2.49. The van der Waals surface area contributed by atoms with Gasteiger partial charge in [0.2, 0.25) is 5.91 Å². The first kappa shape index (κ1) is 17.3. The van der Waals surface area contributed by atoms with Crippen LogP contribution in [0.4, 0.5) is 0 Å². The maximum Gasteiger partial charge on any atom is 0.236 e. The van der Waals surface area contributed by atoms with Crippen molar-refractivity contribution in [1.82, 2.24) is 10.6 Å². The van der Waals surface area contributed by atoms with Crippen molar-refractivity contribution < 1.29 is 14.3 Å². The van der Waals surface area contributed by atoms with Gasteiger partial charge in [-0.25, -0.2) is 0 Å². The van der Waals surface area contributed by atoms with Gasteiger partial charge >= 0.3 is 0 Å². The highest BCUT2D eigenvalue weighted by Crippen LogP contribution is 2.27. The molecule has 1 aromatic carbocycles. The largest absolute Gasteiger partial charge is 0.493 e. The highest BCUT2D eigenvalue weighted by Gasteiger charge is 2.12. The van der Waals surface area contributed by atoms with Gasteiger partial charge in [-0.2, -0.15) is 0 Å². The van der Waals surface area contributed by atoms with Crippen molar-refractivity contribution in [1.29, 1.82) is 0 Å². The second-order valence-corrected chi connectivity index (χ2v) is 5.43. The first-order valence-electron chi connectivity index (χ1n) is 7.20. The van der Waals surface area contributed by atoms with E-state index in [9.17, 15) is 4.79 Å². The van der Waals surface area contributed by atoms with Gasteiger partial charge in [-0.3, -0.25) is 4.79 Å². The van der Waals surface area contributed by atoms with Gasteiger partial charge in [0.15, 0.2) is 11.5 Å². The second-order valence-electron chi connectivity index (χ2n) is 5.43. The summed E-state index contributed by atoms with van der Waals surface area (Å²) in [6.45, 7) is 7.29. The molecule has 1 atom stereocenters. The molecule has 1 rings (SSSR count). The molecule has 0 saturated heterocycles. The number of rotatable bonds is 8. The zero-order chi connectivity index (χ0) is 15.8. The fourth-order valence-corrected chi connectivity index (χ4v) is 1.81. The van der Waals surface area contributed by atoms with Crippen LogP contribution in [0.15, 0.2) is 18.2 Å². The fraction of sp³-hybridized carbons (Fsp3) is 0.562. The summed E-state index contributed by atoms with van der Waals surface area (Å²) in [6, 6.07) is 5.48. The van der Waals surface area contributed by atoms with E-state index in [-0.39, 0.29) is 11.9 Å². The Hall–Kier alpha value is -1.75. The van der Waals surface area contributed by atoms with Gasteiger partial charge in [0.05, 0.1) is 20.3 Å². The van der Waals surface area contributed by atoms with Gasteiger partial charge in [-0.1, -0.05) is 19.9 Å². The molecule has 2 N–H and O–H groups in total. The molecule has 1 unspecified atom stereocenters. The number of carbonyl (C=O) groups excluding carboxylic acids is 1. The Morgan fingerprint density at radius 2 is 1.81 bits per heavy atom. The number of methoxy groups -OCH3 is 2. The zero-order valence-electron chi connectivity index (χ0n) is 13.5. The summed E-state index contributed by atoms with van der Waals surface area (Å²) in [5.74, 6) is 1.86. The summed E-state index contributed by atoms with van der Waals surface area (Å²) < 4.78 is 10.5. The number of carbonyl (C=O) groups is 1. The summed E-state index contributed by atoms with van der Waals surface area (Å²) in [5.41, 5.74) is 1.04. The lowest BCUT2D eigenvalue weighted by molar-refractivity contribution is -0.122. The predicted molar refractivity (Wildman–Crippen MR) is 83.7 cm³/mol. The minimum Gasteiger partial charge on any atom is -0.493 e. The first-order chi connectivity index (χ1) is 9.97. The first-order valence-corrected chi connectivity index (χ1v) is 7.20. The van der Waals surface area contributed by atoms with Gasteiger partial charge in [0, 0.05) is 13.1 Å². The van der Waals surface area contributed by atoms with Gasteiger partial charge in [0.1, 0.15) is 0 Å².